The van der Waals surface area contributed by atoms with Crippen molar-refractivity contribution in [2.24, 2.45) is 0 Å². The Morgan fingerprint density at radius 3 is 2.44 bits per heavy atom. The van der Waals surface area contributed by atoms with Crippen molar-refractivity contribution in [3.05, 3.63) is 59.7 Å². The van der Waals surface area contributed by atoms with Gasteiger partial charge in [0.15, 0.2) is 0 Å². The Balaban J connectivity index is 2.17. The number of amides is 1. The molecule has 0 spiro atoms. The highest BCUT2D eigenvalue weighted by molar-refractivity contribution is 6.02. The molecule has 27 heavy (non-hydrogen) atoms. The number of halogens is 4. The predicted molar refractivity (Wildman–Crippen MR) is 93.2 cm³/mol. The number of hydrogen-bond donors (Lipinski definition) is 1. The van der Waals surface area contributed by atoms with Crippen molar-refractivity contribution in [3.8, 4) is 11.5 Å². The average molecular weight is 383 g/mol. The number of hydrogen-bond acceptors (Lipinski definition) is 3. The molecule has 0 aromatic heterocycles. The van der Waals surface area contributed by atoms with Crippen LogP contribution in [0.4, 0.5) is 23.2 Å². The lowest BCUT2D eigenvalue weighted by Gasteiger charge is -2.11. The van der Waals surface area contributed by atoms with Crippen LogP contribution in [0.1, 0.15) is 18.1 Å². The van der Waals surface area contributed by atoms with E-state index in [1.165, 1.54) is 12.1 Å². The fourth-order valence-corrected chi connectivity index (χ4v) is 2.32. The second-order valence-electron chi connectivity index (χ2n) is 5.29. The molecule has 0 radical (unpaired) electrons. The van der Waals surface area contributed by atoms with Crippen LogP contribution in [-0.4, -0.2) is 19.1 Å². The van der Waals surface area contributed by atoms with Crippen LogP contribution in [0.2, 0.25) is 0 Å². The van der Waals surface area contributed by atoms with Crippen molar-refractivity contribution in [1.29, 1.82) is 0 Å². The van der Waals surface area contributed by atoms with E-state index >= 15 is 0 Å². The molecule has 0 unspecified atom stereocenters. The first-order valence-corrected chi connectivity index (χ1v) is 7.99. The highest BCUT2D eigenvalue weighted by Gasteiger charge is 2.12. The first kappa shape index (κ1) is 20.3. The standard InChI is InChI=1S/C19H17F4NO3/c1-2-12-5-3-4-6-15(12)24-17(25)10-8-13-7-9-14(26-18(20)21)11-16(13)27-19(22)23/h3-11,18-19H,2H2,1H3,(H,24,25)/b10-8+. The van der Waals surface area contributed by atoms with Gasteiger partial charge in [0.05, 0.1) is 0 Å². The van der Waals surface area contributed by atoms with Crippen LogP contribution in [0.25, 0.3) is 6.08 Å². The number of benzene rings is 2. The fourth-order valence-electron chi connectivity index (χ4n) is 2.32. The van der Waals surface area contributed by atoms with Gasteiger partial charge in [0.2, 0.25) is 5.91 Å². The number of carbonyl (C=O) groups excluding carboxylic acids is 1. The van der Waals surface area contributed by atoms with E-state index in [-0.39, 0.29) is 17.1 Å². The van der Waals surface area contributed by atoms with Gasteiger partial charge in [-0.2, -0.15) is 17.6 Å². The molecule has 1 amide bonds. The lowest BCUT2D eigenvalue weighted by atomic mass is 10.1. The number of aryl methyl sites for hydroxylation is 1. The van der Waals surface area contributed by atoms with E-state index in [4.69, 9.17) is 0 Å². The molecule has 0 saturated heterocycles. The lowest BCUT2D eigenvalue weighted by Crippen LogP contribution is -2.09. The summed E-state index contributed by atoms with van der Waals surface area (Å²) in [6, 6.07) is 10.5. The molecule has 0 bridgehead atoms. The molecule has 1 N–H and O–H groups in total. The van der Waals surface area contributed by atoms with Gasteiger partial charge < -0.3 is 14.8 Å². The molecular weight excluding hydrogens is 366 g/mol. The zero-order valence-electron chi connectivity index (χ0n) is 14.3. The number of anilines is 1. The molecule has 4 nitrogen and oxygen atoms in total. The third kappa shape index (κ3) is 6.32. The summed E-state index contributed by atoms with van der Waals surface area (Å²) in [7, 11) is 0. The van der Waals surface area contributed by atoms with Crippen LogP contribution in [0, 0.1) is 0 Å². The summed E-state index contributed by atoms with van der Waals surface area (Å²) >= 11 is 0. The van der Waals surface area contributed by atoms with Crippen molar-refractivity contribution in [2.75, 3.05) is 5.32 Å². The molecule has 0 atom stereocenters. The van der Waals surface area contributed by atoms with Gasteiger partial charge in [-0.05, 0) is 36.3 Å². The lowest BCUT2D eigenvalue weighted by molar-refractivity contribution is -0.111. The molecule has 2 aromatic rings. The summed E-state index contributed by atoms with van der Waals surface area (Å²) in [5, 5.41) is 2.69. The van der Waals surface area contributed by atoms with Crippen molar-refractivity contribution in [3.63, 3.8) is 0 Å². The van der Waals surface area contributed by atoms with E-state index in [0.29, 0.717) is 5.69 Å². The van der Waals surface area contributed by atoms with Gasteiger partial charge in [0.25, 0.3) is 0 Å². The number of carbonyl (C=O) groups is 1. The van der Waals surface area contributed by atoms with Crippen LogP contribution in [0.5, 0.6) is 11.5 Å². The smallest absolute Gasteiger partial charge is 0.387 e. The SMILES string of the molecule is CCc1ccccc1NC(=O)/C=C/c1ccc(OC(F)F)cc1OC(F)F. The molecule has 0 aliphatic rings. The molecule has 0 aliphatic carbocycles. The maximum atomic E-state index is 12.5. The molecule has 2 rings (SSSR count). The predicted octanol–water partition coefficient (Wildman–Crippen LogP) is 5.10. The highest BCUT2D eigenvalue weighted by Crippen LogP contribution is 2.28. The molecule has 2 aromatic carbocycles. The number of rotatable bonds is 8. The Hall–Kier alpha value is -3.03. The van der Waals surface area contributed by atoms with Gasteiger partial charge >= 0.3 is 13.2 Å². The zero-order valence-corrected chi connectivity index (χ0v) is 14.3. The monoisotopic (exact) mass is 383 g/mol. The van der Waals surface area contributed by atoms with Gasteiger partial charge in [-0.3, -0.25) is 4.79 Å². The van der Waals surface area contributed by atoms with Crippen molar-refractivity contribution in [1.82, 2.24) is 0 Å². The van der Waals surface area contributed by atoms with Crippen molar-refractivity contribution in [2.45, 2.75) is 26.6 Å². The average Bonchev–Trinajstić information content (AvgIpc) is 2.60. The quantitative estimate of drug-likeness (QED) is 0.509. The van der Waals surface area contributed by atoms with Gasteiger partial charge in [0, 0.05) is 23.4 Å². The Kier molecular flexibility index (Phi) is 7.22. The highest BCUT2D eigenvalue weighted by atomic mass is 19.3. The summed E-state index contributed by atoms with van der Waals surface area (Å²) in [5.41, 5.74) is 1.68. The largest absolute Gasteiger partial charge is 0.435 e. The summed E-state index contributed by atoms with van der Waals surface area (Å²) in [5.74, 6) is -1.20. The first-order chi connectivity index (χ1) is 12.9. The summed E-state index contributed by atoms with van der Waals surface area (Å²) in [6.07, 6.45) is 3.10. The van der Waals surface area contributed by atoms with Crippen LogP contribution in [0.3, 0.4) is 0 Å². The second kappa shape index (κ2) is 9.61. The van der Waals surface area contributed by atoms with Crippen LogP contribution in [-0.2, 0) is 11.2 Å². The molecular formula is C19H17F4NO3. The fraction of sp³-hybridized carbons (Fsp3) is 0.211. The second-order valence-corrected chi connectivity index (χ2v) is 5.29. The zero-order chi connectivity index (χ0) is 19.8. The van der Waals surface area contributed by atoms with Gasteiger partial charge in [0.1, 0.15) is 11.5 Å². The molecule has 144 valence electrons. The van der Waals surface area contributed by atoms with Crippen LogP contribution in [0.15, 0.2) is 48.5 Å². The molecule has 0 aliphatic heterocycles. The van der Waals surface area contributed by atoms with E-state index in [2.05, 4.69) is 14.8 Å². The minimum absolute atomic E-state index is 0.107. The Labute approximate surface area is 153 Å². The van der Waals surface area contributed by atoms with E-state index in [1.54, 1.807) is 12.1 Å². The molecule has 0 fully saturated rings. The summed E-state index contributed by atoms with van der Waals surface area (Å²) in [6.45, 7) is -4.32. The van der Waals surface area contributed by atoms with E-state index in [0.717, 1.165) is 30.2 Å². The number of para-hydroxylation sites is 1. The normalized spacial score (nSPS) is 11.2. The van der Waals surface area contributed by atoms with Gasteiger partial charge in [-0.1, -0.05) is 25.1 Å². The third-order valence-corrected chi connectivity index (χ3v) is 3.50. The van der Waals surface area contributed by atoms with E-state index in [9.17, 15) is 22.4 Å². The van der Waals surface area contributed by atoms with E-state index in [1.807, 2.05) is 19.1 Å². The molecule has 0 heterocycles. The summed E-state index contributed by atoms with van der Waals surface area (Å²) in [4.78, 5) is 12.1. The van der Waals surface area contributed by atoms with Crippen molar-refractivity contribution >= 4 is 17.7 Å². The topological polar surface area (TPSA) is 47.6 Å². The van der Waals surface area contributed by atoms with E-state index < -0.39 is 19.1 Å². The number of nitrogens with one attached hydrogen (secondary N) is 1. The minimum atomic E-state index is -3.16. The minimum Gasteiger partial charge on any atom is -0.435 e. The van der Waals surface area contributed by atoms with Crippen molar-refractivity contribution < 1.29 is 31.8 Å². The molecule has 8 heteroatoms. The first-order valence-electron chi connectivity index (χ1n) is 7.99. The Morgan fingerprint density at radius 2 is 1.78 bits per heavy atom. The van der Waals surface area contributed by atoms with Gasteiger partial charge in [-0.15, -0.1) is 0 Å². The third-order valence-electron chi connectivity index (χ3n) is 3.50. The number of alkyl halides is 4. The summed E-state index contributed by atoms with van der Waals surface area (Å²) < 4.78 is 58.1. The maximum Gasteiger partial charge on any atom is 0.387 e. The molecule has 0 saturated carbocycles. The van der Waals surface area contributed by atoms with Gasteiger partial charge in [-0.25, -0.2) is 0 Å². The maximum absolute atomic E-state index is 12.5. The number of ether oxygens (including phenoxy) is 2. The van der Waals surface area contributed by atoms with Crippen LogP contribution >= 0.6 is 0 Å². The van der Waals surface area contributed by atoms with Crippen LogP contribution < -0.4 is 14.8 Å². The Bertz CT molecular complexity index is 809. The Morgan fingerprint density at radius 1 is 1.07 bits per heavy atom.